The molecule has 0 radical (unpaired) electrons. The first-order valence-corrected chi connectivity index (χ1v) is 13.2. The number of aliphatic carboxylic acids is 1. The summed E-state index contributed by atoms with van der Waals surface area (Å²) >= 11 is 0. The zero-order valence-electron chi connectivity index (χ0n) is 22.4. The van der Waals surface area contributed by atoms with Gasteiger partial charge in [-0.2, -0.15) is 0 Å². The van der Waals surface area contributed by atoms with Crippen LogP contribution in [0, 0.1) is 0 Å². The Hall–Kier alpha value is -2.19. The Morgan fingerprint density at radius 3 is 2.32 bits per heavy atom. The van der Waals surface area contributed by atoms with Crippen LogP contribution in [-0.4, -0.2) is 150 Å². The summed E-state index contributed by atoms with van der Waals surface area (Å²) in [6.45, 7) is 0.388. The normalized spacial score (nSPS) is 36.0. The molecule has 2 fully saturated rings. The zero-order valence-corrected chi connectivity index (χ0v) is 22.4. The molecule has 0 aromatic rings. The van der Waals surface area contributed by atoms with Gasteiger partial charge in [0, 0.05) is 31.4 Å². The number of nitrogens with one attached hydrogen (secondary N) is 1. The number of carbonyl (C=O) groups excluding carboxylic acids is 1. The Morgan fingerprint density at radius 2 is 1.73 bits per heavy atom. The first-order valence-electron chi connectivity index (χ1n) is 13.2. The van der Waals surface area contributed by atoms with E-state index < -0.39 is 97.8 Å². The highest BCUT2D eigenvalue weighted by Gasteiger charge is 2.62. The SMILES string of the molecule is CC(=O)N[C@H]1[C@H]([C@H](O)[C@H](O)CO)O[C@](C(=O)O)([C@H](O)[C@H]2O[C@@H](OCCCCCCN=[N+]=[N-])[C@H](O)[C@@H](O)[C@H]2O)C[C@@H]1O. The summed E-state index contributed by atoms with van der Waals surface area (Å²) in [6, 6.07) is -1.49. The molecule has 2 aliphatic heterocycles. The van der Waals surface area contributed by atoms with Crippen LogP contribution in [0.5, 0.6) is 0 Å². The summed E-state index contributed by atoms with van der Waals surface area (Å²) in [5.41, 5.74) is 5.43. The molecule has 12 atom stereocenters. The lowest BCUT2D eigenvalue weighted by Crippen LogP contribution is -2.73. The van der Waals surface area contributed by atoms with E-state index in [0.717, 1.165) is 6.92 Å². The van der Waals surface area contributed by atoms with Crippen molar-refractivity contribution in [3.63, 3.8) is 0 Å². The van der Waals surface area contributed by atoms with Gasteiger partial charge < -0.3 is 65.5 Å². The van der Waals surface area contributed by atoms with Crippen LogP contribution in [-0.2, 0) is 23.8 Å². The van der Waals surface area contributed by atoms with Gasteiger partial charge in [0.05, 0.1) is 18.8 Å². The van der Waals surface area contributed by atoms with E-state index in [4.69, 9.17) is 19.7 Å². The van der Waals surface area contributed by atoms with Crippen molar-refractivity contribution in [3.8, 4) is 0 Å². The van der Waals surface area contributed by atoms with Crippen LogP contribution >= 0.6 is 0 Å². The van der Waals surface area contributed by atoms with Gasteiger partial charge in [0.25, 0.3) is 0 Å². The van der Waals surface area contributed by atoms with Crippen LogP contribution in [0.4, 0.5) is 0 Å². The van der Waals surface area contributed by atoms with Gasteiger partial charge in [-0.3, -0.25) is 4.79 Å². The van der Waals surface area contributed by atoms with Crippen molar-refractivity contribution in [2.24, 2.45) is 5.11 Å². The number of aliphatic hydroxyl groups excluding tert-OH is 8. The highest BCUT2D eigenvalue weighted by atomic mass is 16.7. The molecule has 0 unspecified atom stereocenters. The van der Waals surface area contributed by atoms with Crippen LogP contribution in [0.2, 0.25) is 0 Å². The second kappa shape index (κ2) is 15.9. The van der Waals surface area contributed by atoms with E-state index >= 15 is 0 Å². The van der Waals surface area contributed by atoms with E-state index in [1.54, 1.807) is 0 Å². The Morgan fingerprint density at radius 1 is 1.07 bits per heavy atom. The fourth-order valence-electron chi connectivity index (χ4n) is 4.92. The summed E-state index contributed by atoms with van der Waals surface area (Å²) in [4.78, 5) is 26.9. The lowest BCUT2D eigenvalue weighted by Gasteiger charge is -2.51. The summed E-state index contributed by atoms with van der Waals surface area (Å²) in [6.07, 6.45) is -17.9. The minimum absolute atomic E-state index is 0.000126. The molecule has 1 amide bonds. The maximum absolute atomic E-state index is 12.5. The molecule has 18 nitrogen and oxygen atoms in total. The number of hydrogen-bond donors (Lipinski definition) is 10. The minimum Gasteiger partial charge on any atom is -0.479 e. The molecule has 2 saturated heterocycles. The first kappa shape index (κ1) is 35.0. The zero-order chi connectivity index (χ0) is 30.9. The standard InChI is InChI=1S/C23H40N4O14/c1-10(29)26-13-11(30)8-23(22(37)38,41-18(13)14(32)12(31)9-28)20(36)19-16(34)15(33)17(35)21(40-19)39-7-5-3-2-4-6-25-27-24/h11-21,28,30-36H,2-9H2,1H3,(H,26,29)(H,37,38)/t11-,12+,13+,14+,15-,16+,17+,18+,19-,20+,21+,23-/m0/s1. The summed E-state index contributed by atoms with van der Waals surface area (Å²) in [7, 11) is 0. The maximum Gasteiger partial charge on any atom is 0.338 e. The van der Waals surface area contributed by atoms with Crippen molar-refractivity contribution in [1.82, 2.24) is 5.32 Å². The number of carboxylic acids is 1. The molecule has 0 aromatic heterocycles. The number of amides is 1. The number of ether oxygens (including phenoxy) is 3. The van der Waals surface area contributed by atoms with Crippen molar-refractivity contribution in [3.05, 3.63) is 10.4 Å². The monoisotopic (exact) mass is 596 g/mol. The number of unbranched alkanes of at least 4 members (excludes halogenated alkanes) is 3. The first-order chi connectivity index (χ1) is 19.3. The molecular formula is C23H40N4O14. The van der Waals surface area contributed by atoms with Gasteiger partial charge in [-0.1, -0.05) is 18.0 Å². The van der Waals surface area contributed by atoms with Crippen molar-refractivity contribution >= 4 is 11.9 Å². The quantitative estimate of drug-likeness (QED) is 0.0376. The molecule has 0 bridgehead atoms. The van der Waals surface area contributed by atoms with E-state index in [0.29, 0.717) is 32.2 Å². The van der Waals surface area contributed by atoms with Crippen LogP contribution in [0.25, 0.3) is 10.4 Å². The third-order valence-electron chi connectivity index (χ3n) is 7.17. The second-order valence-electron chi connectivity index (χ2n) is 10.1. The van der Waals surface area contributed by atoms with Gasteiger partial charge in [0.2, 0.25) is 5.91 Å². The highest BCUT2D eigenvalue weighted by molar-refractivity contribution is 5.79. The van der Waals surface area contributed by atoms with E-state index in [-0.39, 0.29) is 6.61 Å². The second-order valence-corrected chi connectivity index (χ2v) is 10.1. The van der Waals surface area contributed by atoms with Crippen molar-refractivity contribution in [1.29, 1.82) is 0 Å². The van der Waals surface area contributed by atoms with Crippen LogP contribution in [0.15, 0.2) is 5.11 Å². The third-order valence-corrected chi connectivity index (χ3v) is 7.17. The Kier molecular flexibility index (Phi) is 13.6. The van der Waals surface area contributed by atoms with Gasteiger partial charge in [0.1, 0.15) is 48.8 Å². The lowest BCUT2D eigenvalue weighted by molar-refractivity contribution is -0.331. The van der Waals surface area contributed by atoms with Crippen molar-refractivity contribution in [2.75, 3.05) is 19.8 Å². The predicted octanol–water partition coefficient (Wildman–Crippen LogP) is -3.77. The number of carboxylic acid groups (broad SMARTS) is 1. The van der Waals surface area contributed by atoms with Crippen molar-refractivity contribution < 1.29 is 69.8 Å². The predicted molar refractivity (Wildman–Crippen MR) is 134 cm³/mol. The van der Waals surface area contributed by atoms with Crippen LogP contribution in [0.3, 0.4) is 0 Å². The summed E-state index contributed by atoms with van der Waals surface area (Å²) in [5.74, 6) is -2.61. The Labute approximate surface area is 234 Å². The number of rotatable bonds is 15. The van der Waals surface area contributed by atoms with Crippen molar-refractivity contribution in [2.45, 2.75) is 112 Å². The Balaban J connectivity index is 2.26. The third kappa shape index (κ3) is 8.44. The highest BCUT2D eigenvalue weighted by Crippen LogP contribution is 2.39. The number of azide groups is 1. The summed E-state index contributed by atoms with van der Waals surface area (Å²) < 4.78 is 16.5. The molecule has 2 heterocycles. The van der Waals surface area contributed by atoms with Gasteiger partial charge in [-0.05, 0) is 18.4 Å². The molecule has 18 heteroatoms. The molecule has 0 saturated carbocycles. The van der Waals surface area contributed by atoms with E-state index in [1.807, 2.05) is 0 Å². The average molecular weight is 597 g/mol. The molecule has 0 aliphatic carbocycles. The maximum atomic E-state index is 12.5. The van der Waals surface area contributed by atoms with E-state index in [9.17, 15) is 55.5 Å². The molecule has 2 aliphatic rings. The molecule has 2 rings (SSSR count). The van der Waals surface area contributed by atoms with Gasteiger partial charge in [-0.15, -0.1) is 0 Å². The number of hydrogen-bond acceptors (Lipinski definition) is 14. The van der Waals surface area contributed by atoms with Crippen LogP contribution in [0.1, 0.15) is 39.0 Å². The molecule has 0 spiro atoms. The fourth-order valence-corrected chi connectivity index (χ4v) is 4.92. The minimum atomic E-state index is -2.85. The smallest absolute Gasteiger partial charge is 0.338 e. The molecular weight excluding hydrogens is 556 g/mol. The number of carbonyl (C=O) groups is 2. The molecule has 10 N–H and O–H groups in total. The average Bonchev–Trinajstić information content (AvgIpc) is 2.93. The Bertz CT molecular complexity index is 910. The molecule has 41 heavy (non-hydrogen) atoms. The number of nitrogens with zero attached hydrogens (tertiary/aromatic N) is 3. The van der Waals surface area contributed by atoms with Crippen LogP contribution < -0.4 is 5.32 Å². The van der Waals surface area contributed by atoms with Gasteiger partial charge in [-0.25, -0.2) is 4.79 Å². The fraction of sp³-hybridized carbons (Fsp3) is 0.913. The van der Waals surface area contributed by atoms with E-state index in [1.165, 1.54) is 0 Å². The topological polar surface area (TPSA) is 305 Å². The summed E-state index contributed by atoms with van der Waals surface area (Å²) in [5, 5.41) is 99.1. The van der Waals surface area contributed by atoms with Gasteiger partial charge >= 0.3 is 5.97 Å². The largest absolute Gasteiger partial charge is 0.479 e. The number of aliphatic hydroxyl groups is 8. The molecule has 236 valence electrons. The van der Waals surface area contributed by atoms with Gasteiger partial charge in [0.15, 0.2) is 11.9 Å². The molecule has 0 aromatic carbocycles. The lowest BCUT2D eigenvalue weighted by atomic mass is 9.77. The van der Waals surface area contributed by atoms with E-state index in [2.05, 4.69) is 15.3 Å².